The molecule has 1 aromatic rings. The molecule has 18 heavy (non-hydrogen) atoms. The van der Waals surface area contributed by atoms with Gasteiger partial charge in [-0.3, -0.25) is 0 Å². The number of furan rings is 1. The molecule has 0 unspecified atom stereocenters. The Bertz CT molecular complexity index is 529. The van der Waals surface area contributed by atoms with Crippen molar-refractivity contribution in [3.63, 3.8) is 0 Å². The molecule has 6 heteroatoms. The fraction of sp³-hybridized carbons (Fsp3) is 0.667. The van der Waals surface area contributed by atoms with E-state index < -0.39 is 10.0 Å². The van der Waals surface area contributed by atoms with E-state index in [1.54, 1.807) is 19.2 Å². The van der Waals surface area contributed by atoms with Crippen molar-refractivity contribution in [3.8, 4) is 0 Å². The Kier molecular flexibility index (Phi) is 2.96. The molecule has 2 fully saturated rings. The fourth-order valence-electron chi connectivity index (χ4n) is 1.90. The largest absolute Gasteiger partial charge is 0.447 e. The van der Waals surface area contributed by atoms with Crippen molar-refractivity contribution in [3.05, 3.63) is 17.9 Å². The van der Waals surface area contributed by atoms with E-state index in [0.29, 0.717) is 18.3 Å². The van der Waals surface area contributed by atoms with Crippen LogP contribution in [0.2, 0.25) is 0 Å². The van der Waals surface area contributed by atoms with Gasteiger partial charge in [-0.2, -0.15) is 4.31 Å². The molecule has 0 radical (unpaired) electrons. The highest BCUT2D eigenvalue weighted by atomic mass is 32.2. The van der Waals surface area contributed by atoms with Crippen LogP contribution < -0.4 is 5.32 Å². The molecule has 0 atom stereocenters. The van der Waals surface area contributed by atoms with Crippen LogP contribution in [0.4, 0.5) is 0 Å². The standard InChI is InChI=1S/C12H18N2O3S/c1-14(10-4-5-10)18(15,16)12-7-6-11(17-12)8-13-9-2-3-9/h6-7,9-10,13H,2-5,8H2,1H3. The first kappa shape index (κ1) is 12.2. The first-order valence-corrected chi connectivity index (χ1v) is 7.81. The molecule has 100 valence electrons. The Morgan fingerprint density at radius 3 is 2.67 bits per heavy atom. The monoisotopic (exact) mass is 270 g/mol. The Hall–Kier alpha value is -0.850. The molecule has 0 aliphatic heterocycles. The maximum absolute atomic E-state index is 12.2. The van der Waals surface area contributed by atoms with Gasteiger partial charge in [0.2, 0.25) is 5.09 Å². The van der Waals surface area contributed by atoms with E-state index in [1.165, 1.54) is 17.1 Å². The molecule has 0 spiro atoms. The van der Waals surface area contributed by atoms with Gasteiger partial charge in [-0.1, -0.05) is 0 Å². The zero-order chi connectivity index (χ0) is 12.8. The highest BCUT2D eigenvalue weighted by Crippen LogP contribution is 2.31. The summed E-state index contributed by atoms with van der Waals surface area (Å²) in [6, 6.07) is 4.04. The van der Waals surface area contributed by atoms with Gasteiger partial charge >= 0.3 is 0 Å². The second-order valence-electron chi connectivity index (χ2n) is 5.13. The average Bonchev–Trinajstić information content (AvgIpc) is 3.25. The average molecular weight is 270 g/mol. The molecule has 1 aromatic heterocycles. The summed E-state index contributed by atoms with van der Waals surface area (Å²) in [6.07, 6.45) is 4.31. The molecule has 1 N–H and O–H groups in total. The van der Waals surface area contributed by atoms with E-state index in [-0.39, 0.29) is 11.1 Å². The third-order valence-electron chi connectivity index (χ3n) is 3.47. The van der Waals surface area contributed by atoms with E-state index in [2.05, 4.69) is 5.32 Å². The van der Waals surface area contributed by atoms with Crippen molar-refractivity contribution in [2.75, 3.05) is 7.05 Å². The summed E-state index contributed by atoms with van der Waals surface area (Å²) < 4.78 is 31.2. The molecule has 2 aliphatic rings. The summed E-state index contributed by atoms with van der Waals surface area (Å²) in [6.45, 7) is 0.604. The second kappa shape index (κ2) is 4.36. The SMILES string of the molecule is CN(C1CC1)S(=O)(=O)c1ccc(CNC2CC2)o1. The Morgan fingerprint density at radius 1 is 1.33 bits per heavy atom. The fourth-order valence-corrected chi connectivity index (χ4v) is 3.24. The normalized spacial score (nSPS) is 20.6. The summed E-state index contributed by atoms with van der Waals surface area (Å²) in [5.74, 6) is 0.685. The van der Waals surface area contributed by atoms with Gasteiger partial charge in [-0.15, -0.1) is 0 Å². The first-order valence-electron chi connectivity index (χ1n) is 6.37. The van der Waals surface area contributed by atoms with Gasteiger partial charge in [0, 0.05) is 19.1 Å². The third-order valence-corrected chi connectivity index (χ3v) is 5.26. The third kappa shape index (κ3) is 2.46. The minimum absolute atomic E-state index is 0.0597. The maximum Gasteiger partial charge on any atom is 0.276 e. The van der Waals surface area contributed by atoms with Crippen LogP contribution in [0.25, 0.3) is 0 Å². The molecule has 2 saturated carbocycles. The van der Waals surface area contributed by atoms with Crippen LogP contribution in [-0.4, -0.2) is 31.9 Å². The van der Waals surface area contributed by atoms with E-state index in [0.717, 1.165) is 12.8 Å². The first-order chi connectivity index (χ1) is 8.57. The van der Waals surface area contributed by atoms with Crippen LogP contribution in [0.3, 0.4) is 0 Å². The van der Waals surface area contributed by atoms with E-state index in [1.807, 2.05) is 0 Å². The van der Waals surface area contributed by atoms with Crippen LogP contribution in [0.15, 0.2) is 21.6 Å². The second-order valence-corrected chi connectivity index (χ2v) is 7.06. The zero-order valence-corrected chi connectivity index (χ0v) is 11.2. The minimum atomic E-state index is -3.44. The Labute approximate surface area is 107 Å². The van der Waals surface area contributed by atoms with Crippen molar-refractivity contribution >= 4 is 10.0 Å². The van der Waals surface area contributed by atoms with Gasteiger partial charge in [0.05, 0.1) is 6.54 Å². The minimum Gasteiger partial charge on any atom is -0.447 e. The lowest BCUT2D eigenvalue weighted by atomic mass is 10.4. The molecule has 0 aromatic carbocycles. The van der Waals surface area contributed by atoms with Gasteiger partial charge in [-0.25, -0.2) is 8.42 Å². The molecule has 0 amide bonds. The van der Waals surface area contributed by atoms with Gasteiger partial charge in [0.25, 0.3) is 10.0 Å². The number of hydrogen-bond donors (Lipinski definition) is 1. The van der Waals surface area contributed by atoms with Gasteiger partial charge in [0.15, 0.2) is 0 Å². The van der Waals surface area contributed by atoms with Crippen molar-refractivity contribution < 1.29 is 12.8 Å². The number of nitrogens with zero attached hydrogens (tertiary/aromatic N) is 1. The topological polar surface area (TPSA) is 62.6 Å². The van der Waals surface area contributed by atoms with E-state index >= 15 is 0 Å². The number of nitrogens with one attached hydrogen (secondary N) is 1. The van der Waals surface area contributed by atoms with Crippen molar-refractivity contribution in [2.24, 2.45) is 0 Å². The maximum atomic E-state index is 12.2. The molecule has 2 aliphatic carbocycles. The molecule has 3 rings (SSSR count). The molecular formula is C12H18N2O3S. The molecular weight excluding hydrogens is 252 g/mol. The van der Waals surface area contributed by atoms with Gasteiger partial charge < -0.3 is 9.73 Å². The zero-order valence-electron chi connectivity index (χ0n) is 10.4. The smallest absolute Gasteiger partial charge is 0.276 e. The lowest BCUT2D eigenvalue weighted by Gasteiger charge is -2.13. The highest BCUT2D eigenvalue weighted by molar-refractivity contribution is 7.89. The molecule has 5 nitrogen and oxygen atoms in total. The summed E-state index contributed by atoms with van der Waals surface area (Å²) >= 11 is 0. The van der Waals surface area contributed by atoms with Crippen molar-refractivity contribution in [1.29, 1.82) is 0 Å². The van der Waals surface area contributed by atoms with Crippen molar-refractivity contribution in [1.82, 2.24) is 9.62 Å². The van der Waals surface area contributed by atoms with Crippen LogP contribution in [-0.2, 0) is 16.6 Å². The van der Waals surface area contributed by atoms with Crippen LogP contribution in [0.1, 0.15) is 31.4 Å². The number of hydrogen-bond acceptors (Lipinski definition) is 4. The lowest BCUT2D eigenvalue weighted by Crippen LogP contribution is -2.28. The Morgan fingerprint density at radius 2 is 2.06 bits per heavy atom. The molecule has 1 heterocycles. The van der Waals surface area contributed by atoms with Crippen LogP contribution >= 0.6 is 0 Å². The summed E-state index contributed by atoms with van der Waals surface area (Å²) in [7, 11) is -1.82. The predicted octanol–water partition coefficient (Wildman–Crippen LogP) is 1.31. The lowest BCUT2D eigenvalue weighted by molar-refractivity contribution is 0.378. The number of sulfonamides is 1. The van der Waals surface area contributed by atoms with Gasteiger partial charge in [-0.05, 0) is 37.8 Å². The van der Waals surface area contributed by atoms with Gasteiger partial charge in [0.1, 0.15) is 5.76 Å². The molecule has 0 bridgehead atoms. The molecule has 0 saturated heterocycles. The Balaban J connectivity index is 1.70. The van der Waals surface area contributed by atoms with Crippen LogP contribution in [0.5, 0.6) is 0 Å². The quantitative estimate of drug-likeness (QED) is 0.846. The summed E-state index contributed by atoms with van der Waals surface area (Å²) in [5.41, 5.74) is 0. The van der Waals surface area contributed by atoms with E-state index in [4.69, 9.17) is 4.42 Å². The summed E-state index contributed by atoms with van der Waals surface area (Å²) in [5, 5.41) is 3.36. The predicted molar refractivity (Wildman–Crippen MR) is 66.5 cm³/mol. The summed E-state index contributed by atoms with van der Waals surface area (Å²) in [4.78, 5) is 0. The highest BCUT2D eigenvalue weighted by Gasteiger charge is 2.36. The van der Waals surface area contributed by atoms with E-state index in [9.17, 15) is 8.42 Å². The van der Waals surface area contributed by atoms with Crippen molar-refractivity contribution in [2.45, 2.75) is 49.4 Å². The number of rotatable bonds is 6. The van der Waals surface area contributed by atoms with Crippen LogP contribution in [0, 0.1) is 0 Å².